The summed E-state index contributed by atoms with van der Waals surface area (Å²) in [6.45, 7) is 0. The van der Waals surface area contributed by atoms with Gasteiger partial charge in [0.15, 0.2) is 0 Å². The van der Waals surface area contributed by atoms with Crippen LogP contribution in [0.3, 0.4) is 0 Å². The van der Waals surface area contributed by atoms with Crippen LogP contribution in [0.15, 0.2) is 0 Å². The zero-order chi connectivity index (χ0) is 7.28. The molecule has 1 atom stereocenters. The van der Waals surface area contributed by atoms with E-state index in [2.05, 4.69) is 11.7 Å². The first-order chi connectivity index (χ1) is 4.18. The number of hydrogen-bond donors (Lipinski definition) is 3. The largest absolute Gasteiger partial charge is 0.480 e. The summed E-state index contributed by atoms with van der Waals surface area (Å²) in [5.41, 5.74) is 5.13. The van der Waals surface area contributed by atoms with Crippen LogP contribution in [0.2, 0.25) is 0 Å². The number of carboxylic acid groups (broad SMARTS) is 1. The molecule has 0 aliphatic heterocycles. The summed E-state index contributed by atoms with van der Waals surface area (Å²) in [5, 5.41) is 8.24. The zero-order valence-corrected chi connectivity index (χ0v) is 7.01. The Morgan fingerprint density at radius 1 is 1.89 bits per heavy atom. The van der Waals surface area contributed by atoms with E-state index >= 15 is 0 Å². The highest BCUT2D eigenvalue weighted by Gasteiger charge is 2.09. The summed E-state index contributed by atoms with van der Waals surface area (Å²) in [6.07, 6.45) is 0. The second-order valence-electron chi connectivity index (χ2n) is 1.30. The summed E-state index contributed by atoms with van der Waals surface area (Å²) < 4.78 is 0. The molecule has 0 fully saturated rings. The smallest absolute Gasteiger partial charge is 0.321 e. The molecule has 0 saturated carbocycles. The van der Waals surface area contributed by atoms with E-state index in [1.165, 1.54) is 20.6 Å². The Kier molecular flexibility index (Phi) is 5.56. The fourth-order valence-electron chi connectivity index (χ4n) is 0.175. The van der Waals surface area contributed by atoms with Crippen molar-refractivity contribution in [3.05, 3.63) is 0 Å². The van der Waals surface area contributed by atoms with Crippen LogP contribution < -0.4 is 5.73 Å². The molecule has 0 saturated heterocycles. The summed E-state index contributed by atoms with van der Waals surface area (Å²) in [4.78, 5) is 10.0. The fourth-order valence-corrected chi connectivity index (χ4v) is 1.70. The van der Waals surface area contributed by atoms with E-state index in [9.17, 15) is 4.79 Å². The van der Waals surface area contributed by atoms with Crippen molar-refractivity contribution >= 4 is 38.2 Å². The maximum atomic E-state index is 10.0. The molecule has 9 heavy (non-hydrogen) atoms. The van der Waals surface area contributed by atoms with Crippen molar-refractivity contribution in [3.63, 3.8) is 0 Å². The van der Waals surface area contributed by atoms with Crippen LogP contribution in [-0.2, 0) is 4.79 Å². The molecule has 0 unspecified atom stereocenters. The molecule has 3 nitrogen and oxygen atoms in total. The lowest BCUT2D eigenvalue weighted by Gasteiger charge is -2.01. The molecular weight excluding hydrogens is 178 g/mol. The molecular formula is C3H7NO2S3. The lowest BCUT2D eigenvalue weighted by molar-refractivity contribution is -0.137. The van der Waals surface area contributed by atoms with Gasteiger partial charge in [-0.1, -0.05) is 22.5 Å². The Labute approximate surface area is 66.0 Å². The molecule has 0 heterocycles. The van der Waals surface area contributed by atoms with Crippen molar-refractivity contribution < 1.29 is 9.90 Å². The lowest BCUT2D eigenvalue weighted by atomic mass is 10.4. The summed E-state index contributed by atoms with van der Waals surface area (Å²) >= 11 is 3.79. The molecule has 0 aliphatic rings. The van der Waals surface area contributed by atoms with Crippen LogP contribution >= 0.6 is 32.3 Å². The third-order valence-corrected chi connectivity index (χ3v) is 2.89. The van der Waals surface area contributed by atoms with Crippen LogP contribution in [0.25, 0.3) is 0 Å². The summed E-state index contributed by atoms with van der Waals surface area (Å²) in [7, 11) is 2.53. The number of nitrogens with two attached hydrogens (primary N) is 1. The first-order valence-electron chi connectivity index (χ1n) is 2.10. The molecule has 0 bridgehead atoms. The maximum absolute atomic E-state index is 10.0. The minimum atomic E-state index is -0.968. The van der Waals surface area contributed by atoms with Gasteiger partial charge in [0.1, 0.15) is 6.04 Å². The molecule has 6 heteroatoms. The van der Waals surface area contributed by atoms with E-state index in [0.29, 0.717) is 5.75 Å². The third-order valence-electron chi connectivity index (χ3n) is 0.618. The lowest BCUT2D eigenvalue weighted by Crippen LogP contribution is -2.32. The van der Waals surface area contributed by atoms with Crippen LogP contribution in [0, 0.1) is 0 Å². The van der Waals surface area contributed by atoms with Crippen LogP contribution in [-0.4, -0.2) is 22.9 Å². The number of rotatable bonds is 4. The van der Waals surface area contributed by atoms with Gasteiger partial charge >= 0.3 is 5.97 Å². The number of hydrogen-bond acceptors (Lipinski definition) is 5. The highest BCUT2D eigenvalue weighted by Crippen LogP contribution is 2.24. The fraction of sp³-hybridized carbons (Fsp3) is 0.667. The number of carboxylic acids is 1. The van der Waals surface area contributed by atoms with Gasteiger partial charge in [-0.05, 0) is 9.83 Å². The van der Waals surface area contributed by atoms with Gasteiger partial charge in [-0.15, -0.1) is 0 Å². The van der Waals surface area contributed by atoms with Gasteiger partial charge in [0.25, 0.3) is 0 Å². The minimum absolute atomic E-state index is 0.392. The van der Waals surface area contributed by atoms with Crippen molar-refractivity contribution in [2.75, 3.05) is 5.75 Å². The number of aliphatic carboxylic acids is 1. The normalized spacial score (nSPS) is 13.1. The molecule has 0 aromatic heterocycles. The predicted octanol–water partition coefficient (Wildman–Crippen LogP) is 0.625. The van der Waals surface area contributed by atoms with Gasteiger partial charge in [0.05, 0.1) is 0 Å². The predicted molar refractivity (Wildman–Crippen MR) is 44.6 cm³/mol. The standard InChI is InChI=1S/C3H7NO2S3/c4-2(3(5)6)1-8-9-7/h2,7H,1,4H2,(H,5,6)/t2-/m0/s1. The number of thiol groups is 1. The van der Waals surface area contributed by atoms with Crippen LogP contribution in [0.1, 0.15) is 0 Å². The average molecular weight is 185 g/mol. The Morgan fingerprint density at radius 3 is 2.78 bits per heavy atom. The zero-order valence-electron chi connectivity index (χ0n) is 4.48. The van der Waals surface area contributed by atoms with E-state index in [1.54, 1.807) is 0 Å². The highest BCUT2D eigenvalue weighted by molar-refractivity contribution is 9.05. The molecule has 0 amide bonds. The molecule has 54 valence electrons. The van der Waals surface area contributed by atoms with E-state index < -0.39 is 12.0 Å². The molecule has 3 N–H and O–H groups in total. The monoisotopic (exact) mass is 185 g/mol. The van der Waals surface area contributed by atoms with Crippen LogP contribution in [0.4, 0.5) is 0 Å². The van der Waals surface area contributed by atoms with Gasteiger partial charge in [-0.2, -0.15) is 0 Å². The highest BCUT2D eigenvalue weighted by atomic mass is 33.5. The first-order valence-corrected chi connectivity index (χ1v) is 5.47. The summed E-state index contributed by atoms with van der Waals surface area (Å²) in [6, 6.07) is -0.769. The van der Waals surface area contributed by atoms with Crippen molar-refractivity contribution in [3.8, 4) is 0 Å². The van der Waals surface area contributed by atoms with Crippen molar-refractivity contribution in [2.24, 2.45) is 5.73 Å². The molecule has 0 aromatic carbocycles. The maximum Gasteiger partial charge on any atom is 0.321 e. The van der Waals surface area contributed by atoms with E-state index in [-0.39, 0.29) is 0 Å². The molecule has 0 aliphatic carbocycles. The summed E-state index contributed by atoms with van der Waals surface area (Å²) in [5.74, 6) is -0.575. The van der Waals surface area contributed by atoms with Gasteiger partial charge < -0.3 is 10.8 Å². The molecule has 0 aromatic rings. The van der Waals surface area contributed by atoms with Gasteiger partial charge in [0, 0.05) is 5.75 Å². The van der Waals surface area contributed by atoms with Gasteiger partial charge in [0.2, 0.25) is 0 Å². The molecule has 0 radical (unpaired) electrons. The van der Waals surface area contributed by atoms with Gasteiger partial charge in [-0.3, -0.25) is 4.79 Å². The Hall–Kier alpha value is 0.480. The number of carbonyl (C=O) groups is 1. The van der Waals surface area contributed by atoms with E-state index in [4.69, 9.17) is 10.8 Å². The van der Waals surface area contributed by atoms with Crippen molar-refractivity contribution in [1.29, 1.82) is 0 Å². The topological polar surface area (TPSA) is 63.3 Å². The van der Waals surface area contributed by atoms with Crippen molar-refractivity contribution in [2.45, 2.75) is 6.04 Å². The second-order valence-corrected chi connectivity index (χ2v) is 4.52. The quantitative estimate of drug-likeness (QED) is 0.443. The van der Waals surface area contributed by atoms with E-state index in [1.807, 2.05) is 0 Å². The first kappa shape index (κ1) is 9.48. The average Bonchev–Trinajstić information content (AvgIpc) is 1.82. The third kappa shape index (κ3) is 4.95. The SMILES string of the molecule is N[C@@H](CSSS)C(=O)O. The van der Waals surface area contributed by atoms with Crippen LogP contribution in [0.5, 0.6) is 0 Å². The Balaban J connectivity index is 3.27. The van der Waals surface area contributed by atoms with E-state index in [0.717, 1.165) is 0 Å². The second kappa shape index (κ2) is 5.28. The Bertz CT molecular complexity index is 99.1. The van der Waals surface area contributed by atoms with Crippen molar-refractivity contribution in [1.82, 2.24) is 0 Å². The molecule has 0 rings (SSSR count). The van der Waals surface area contributed by atoms with Gasteiger partial charge in [-0.25, -0.2) is 0 Å². The minimum Gasteiger partial charge on any atom is -0.480 e. The molecule has 0 spiro atoms. The Morgan fingerprint density at radius 2 is 2.44 bits per heavy atom.